The average molecular weight is 415 g/mol. The summed E-state index contributed by atoms with van der Waals surface area (Å²) < 4.78 is 2.15. The fraction of sp³-hybridized carbons (Fsp3) is 0.667. The molecule has 4 rings (SSSR count). The van der Waals surface area contributed by atoms with E-state index < -0.39 is 23.5 Å². The SMILES string of the molecule is Cc1c([C@H]2CCCN(C(=O)[C@H](C)N3C(=O)NC(C)(C)C3=O)C2)n2c(nc1=O)CCC2. The molecule has 0 aliphatic carbocycles. The highest BCUT2D eigenvalue weighted by Gasteiger charge is 2.48. The standard InChI is InChI=1S/C21H29N5O4/c1-12-16(25-10-6-8-15(25)22-17(12)27)14-7-5-9-24(11-14)18(28)13(2)26-19(29)21(3,4)23-20(26)30/h13-14H,5-11H2,1-4H3,(H,23,30)/t13-,14-/m0/s1. The first kappa shape index (κ1) is 20.6. The Balaban J connectivity index is 1.57. The molecule has 1 aromatic heterocycles. The summed E-state index contributed by atoms with van der Waals surface area (Å²) in [5.41, 5.74) is 0.454. The van der Waals surface area contributed by atoms with E-state index in [9.17, 15) is 19.2 Å². The van der Waals surface area contributed by atoms with Gasteiger partial charge in [0, 0.05) is 43.2 Å². The van der Waals surface area contributed by atoms with E-state index in [1.807, 2.05) is 6.92 Å². The van der Waals surface area contributed by atoms with E-state index in [2.05, 4.69) is 14.9 Å². The molecule has 4 heterocycles. The number of nitrogens with one attached hydrogen (secondary N) is 1. The zero-order valence-corrected chi connectivity index (χ0v) is 18.0. The number of aromatic nitrogens is 2. The molecular formula is C21H29N5O4. The number of hydrogen-bond acceptors (Lipinski definition) is 5. The van der Waals surface area contributed by atoms with Crippen molar-refractivity contribution >= 4 is 17.8 Å². The van der Waals surface area contributed by atoms with E-state index in [0.29, 0.717) is 18.7 Å². The van der Waals surface area contributed by atoms with Crippen LogP contribution in [0.25, 0.3) is 0 Å². The second-order valence-corrected chi connectivity index (χ2v) is 9.13. The van der Waals surface area contributed by atoms with Crippen LogP contribution in [0.1, 0.15) is 63.0 Å². The number of rotatable bonds is 3. The largest absolute Gasteiger partial charge is 0.340 e. The van der Waals surface area contributed by atoms with E-state index in [1.165, 1.54) is 0 Å². The summed E-state index contributed by atoms with van der Waals surface area (Å²) >= 11 is 0. The van der Waals surface area contributed by atoms with Crippen molar-refractivity contribution in [3.05, 3.63) is 27.4 Å². The number of carbonyl (C=O) groups is 3. The van der Waals surface area contributed by atoms with Crippen LogP contribution in [0.4, 0.5) is 4.79 Å². The number of nitrogens with zero attached hydrogens (tertiary/aromatic N) is 4. The topological polar surface area (TPSA) is 105 Å². The predicted molar refractivity (Wildman–Crippen MR) is 109 cm³/mol. The summed E-state index contributed by atoms with van der Waals surface area (Å²) in [6, 6.07) is -1.40. The van der Waals surface area contributed by atoms with Gasteiger partial charge in [-0.25, -0.2) is 9.69 Å². The first-order valence-corrected chi connectivity index (χ1v) is 10.7. The summed E-state index contributed by atoms with van der Waals surface area (Å²) in [5, 5.41) is 2.63. The molecule has 0 bridgehead atoms. The van der Waals surface area contributed by atoms with Crippen molar-refractivity contribution in [1.82, 2.24) is 24.7 Å². The second kappa shape index (κ2) is 7.21. The molecular weight excluding hydrogens is 386 g/mol. The van der Waals surface area contributed by atoms with Crippen LogP contribution in [0.2, 0.25) is 0 Å². The van der Waals surface area contributed by atoms with Gasteiger partial charge in [-0.3, -0.25) is 14.4 Å². The van der Waals surface area contributed by atoms with Gasteiger partial charge < -0.3 is 14.8 Å². The van der Waals surface area contributed by atoms with Gasteiger partial charge in [-0.1, -0.05) is 0 Å². The van der Waals surface area contributed by atoms with Gasteiger partial charge in [0.2, 0.25) is 5.91 Å². The summed E-state index contributed by atoms with van der Waals surface area (Å²) in [6.45, 7) is 8.57. The maximum atomic E-state index is 13.2. The molecule has 2 atom stereocenters. The third-order valence-corrected chi connectivity index (χ3v) is 6.58. The number of likely N-dealkylation sites (tertiary alicyclic amines) is 1. The highest BCUT2D eigenvalue weighted by atomic mass is 16.2. The molecule has 0 radical (unpaired) electrons. The van der Waals surface area contributed by atoms with Crippen LogP contribution in [0, 0.1) is 6.92 Å². The molecule has 3 aliphatic rings. The molecule has 9 heteroatoms. The number of amides is 4. The molecule has 4 amide bonds. The normalized spacial score (nSPS) is 24.1. The number of hydrogen-bond donors (Lipinski definition) is 1. The first-order valence-electron chi connectivity index (χ1n) is 10.7. The lowest BCUT2D eigenvalue weighted by Gasteiger charge is -2.37. The summed E-state index contributed by atoms with van der Waals surface area (Å²) in [4.78, 5) is 57.5. The van der Waals surface area contributed by atoms with E-state index in [0.717, 1.165) is 48.6 Å². The Morgan fingerprint density at radius 2 is 1.93 bits per heavy atom. The lowest BCUT2D eigenvalue weighted by Crippen LogP contribution is -2.52. The summed E-state index contributed by atoms with van der Waals surface area (Å²) in [6.07, 6.45) is 3.46. The molecule has 1 N–H and O–H groups in total. The predicted octanol–water partition coefficient (Wildman–Crippen LogP) is 0.923. The number of carbonyl (C=O) groups excluding carboxylic acids is 3. The average Bonchev–Trinajstić information content (AvgIpc) is 3.23. The molecule has 0 unspecified atom stereocenters. The Hall–Kier alpha value is -2.71. The van der Waals surface area contributed by atoms with Crippen molar-refractivity contribution in [2.45, 2.75) is 77.4 Å². The third kappa shape index (κ3) is 3.20. The molecule has 1 aromatic rings. The van der Waals surface area contributed by atoms with Gasteiger partial charge in [-0.2, -0.15) is 4.98 Å². The molecule has 3 aliphatic heterocycles. The number of imide groups is 1. The van der Waals surface area contributed by atoms with Gasteiger partial charge in [0.15, 0.2) is 0 Å². The number of aryl methyl sites for hydroxylation is 1. The smallest absolute Gasteiger partial charge is 0.325 e. The Bertz CT molecular complexity index is 982. The lowest BCUT2D eigenvalue weighted by molar-refractivity contribution is -0.143. The lowest BCUT2D eigenvalue weighted by atomic mass is 9.91. The van der Waals surface area contributed by atoms with Gasteiger partial charge in [0.25, 0.3) is 11.5 Å². The zero-order chi connectivity index (χ0) is 21.8. The fourth-order valence-corrected chi connectivity index (χ4v) is 4.98. The van der Waals surface area contributed by atoms with Gasteiger partial charge >= 0.3 is 6.03 Å². The minimum absolute atomic E-state index is 0.0435. The van der Waals surface area contributed by atoms with Crippen LogP contribution in [0.5, 0.6) is 0 Å². The molecule has 0 saturated carbocycles. The molecule has 2 saturated heterocycles. The van der Waals surface area contributed by atoms with Crippen LogP contribution in [0.15, 0.2) is 4.79 Å². The zero-order valence-electron chi connectivity index (χ0n) is 18.0. The van der Waals surface area contributed by atoms with Crippen molar-refractivity contribution in [3.63, 3.8) is 0 Å². The molecule has 162 valence electrons. The van der Waals surface area contributed by atoms with E-state index in [1.54, 1.807) is 25.7 Å². The molecule has 0 aromatic carbocycles. The Morgan fingerprint density at radius 1 is 1.20 bits per heavy atom. The highest BCUT2D eigenvalue weighted by Crippen LogP contribution is 2.31. The monoisotopic (exact) mass is 415 g/mol. The Kier molecular flexibility index (Phi) is 4.94. The van der Waals surface area contributed by atoms with Crippen molar-refractivity contribution in [2.24, 2.45) is 0 Å². The van der Waals surface area contributed by atoms with Crippen LogP contribution < -0.4 is 10.9 Å². The molecule has 30 heavy (non-hydrogen) atoms. The minimum Gasteiger partial charge on any atom is -0.340 e. The Labute approximate surface area is 175 Å². The van der Waals surface area contributed by atoms with Crippen LogP contribution in [-0.2, 0) is 22.6 Å². The fourth-order valence-electron chi connectivity index (χ4n) is 4.98. The van der Waals surface area contributed by atoms with E-state index >= 15 is 0 Å². The highest BCUT2D eigenvalue weighted by molar-refractivity contribution is 6.09. The number of fused-ring (bicyclic) bond motifs is 1. The van der Waals surface area contributed by atoms with Crippen molar-refractivity contribution in [3.8, 4) is 0 Å². The van der Waals surface area contributed by atoms with Crippen molar-refractivity contribution in [1.29, 1.82) is 0 Å². The number of urea groups is 1. The third-order valence-electron chi connectivity index (χ3n) is 6.58. The van der Waals surface area contributed by atoms with E-state index in [-0.39, 0.29) is 17.4 Å². The van der Waals surface area contributed by atoms with E-state index in [4.69, 9.17) is 0 Å². The van der Waals surface area contributed by atoms with Crippen molar-refractivity contribution in [2.75, 3.05) is 13.1 Å². The van der Waals surface area contributed by atoms with Gasteiger partial charge in [0.05, 0.1) is 0 Å². The molecule has 9 nitrogen and oxygen atoms in total. The van der Waals surface area contributed by atoms with Crippen LogP contribution in [0.3, 0.4) is 0 Å². The molecule has 2 fully saturated rings. The number of piperidine rings is 1. The van der Waals surface area contributed by atoms with Gasteiger partial charge in [-0.05, 0) is 47.0 Å². The quantitative estimate of drug-likeness (QED) is 0.740. The van der Waals surface area contributed by atoms with Gasteiger partial charge in [-0.15, -0.1) is 0 Å². The minimum atomic E-state index is -1.01. The Morgan fingerprint density at radius 3 is 2.60 bits per heavy atom. The maximum absolute atomic E-state index is 13.2. The second-order valence-electron chi connectivity index (χ2n) is 9.13. The maximum Gasteiger partial charge on any atom is 0.325 e. The first-order chi connectivity index (χ1) is 14.1. The van der Waals surface area contributed by atoms with Gasteiger partial charge in [0.1, 0.15) is 17.4 Å². The van der Waals surface area contributed by atoms with Crippen molar-refractivity contribution < 1.29 is 14.4 Å². The van der Waals surface area contributed by atoms with Crippen LogP contribution >= 0.6 is 0 Å². The molecule has 0 spiro atoms. The van der Waals surface area contributed by atoms with Crippen LogP contribution in [-0.4, -0.2) is 61.9 Å². The summed E-state index contributed by atoms with van der Waals surface area (Å²) in [7, 11) is 0. The summed E-state index contributed by atoms with van der Waals surface area (Å²) in [5.74, 6) is 0.244.